The smallest absolute Gasteiger partial charge is 0.188 e. The minimum absolute atomic E-state index is 0.486. The molecule has 0 amide bonds. The fourth-order valence-electron chi connectivity index (χ4n) is 3.42. The topological polar surface area (TPSA) is 81.3 Å². The fraction of sp³-hybridized carbons (Fsp3) is 0.632. The lowest BCUT2D eigenvalue weighted by Gasteiger charge is -2.21. The van der Waals surface area contributed by atoms with E-state index in [1.807, 2.05) is 12.1 Å². The van der Waals surface area contributed by atoms with Gasteiger partial charge in [-0.15, -0.1) is 0 Å². The van der Waals surface area contributed by atoms with Gasteiger partial charge >= 0.3 is 0 Å². The molecule has 0 aliphatic carbocycles. The summed E-state index contributed by atoms with van der Waals surface area (Å²) in [5.41, 5.74) is 7.00. The van der Waals surface area contributed by atoms with Gasteiger partial charge in [0.2, 0.25) is 0 Å². The van der Waals surface area contributed by atoms with E-state index >= 15 is 0 Å². The van der Waals surface area contributed by atoms with Gasteiger partial charge < -0.3 is 25.3 Å². The molecule has 1 saturated heterocycles. The largest absolute Gasteiger partial charge is 0.496 e. The first-order valence-electron chi connectivity index (χ1n) is 9.19. The highest BCUT2D eigenvalue weighted by atomic mass is 16.5. The first-order valence-corrected chi connectivity index (χ1v) is 9.19. The number of aliphatic imine (C=N–C) groups is 1. The van der Waals surface area contributed by atoms with Crippen LogP contribution < -0.4 is 25.3 Å². The van der Waals surface area contributed by atoms with Crippen LogP contribution in [0.4, 0.5) is 0 Å². The van der Waals surface area contributed by atoms with Crippen molar-refractivity contribution < 1.29 is 14.2 Å². The van der Waals surface area contributed by atoms with Crippen molar-refractivity contribution in [3.63, 3.8) is 0 Å². The molecule has 26 heavy (non-hydrogen) atoms. The molecule has 1 aliphatic rings. The van der Waals surface area contributed by atoms with Crippen LogP contribution in [0.3, 0.4) is 0 Å². The molecule has 0 spiro atoms. The van der Waals surface area contributed by atoms with E-state index in [0.717, 1.165) is 30.2 Å². The molecule has 1 fully saturated rings. The van der Waals surface area contributed by atoms with Gasteiger partial charge in [0.05, 0.1) is 27.9 Å². The Morgan fingerprint density at radius 3 is 2.50 bits per heavy atom. The second-order valence-corrected chi connectivity index (χ2v) is 6.34. The normalized spacial score (nSPS) is 18.0. The van der Waals surface area contributed by atoms with E-state index in [0.29, 0.717) is 30.7 Å². The molecular weight excluding hydrogens is 332 g/mol. The molecule has 0 saturated carbocycles. The number of benzene rings is 1. The van der Waals surface area contributed by atoms with Crippen LogP contribution in [0, 0.1) is 0 Å². The van der Waals surface area contributed by atoms with E-state index in [2.05, 4.69) is 22.1 Å². The van der Waals surface area contributed by atoms with Crippen LogP contribution in [0.25, 0.3) is 0 Å². The molecule has 2 rings (SSSR count). The number of methoxy groups -OCH3 is 3. The SMILES string of the molecule is CCN1CCCC1CN=C(N)NCCc1c(OC)cc(OC)cc1OC. The number of likely N-dealkylation sites (tertiary alicyclic amines) is 1. The highest BCUT2D eigenvalue weighted by Crippen LogP contribution is 2.34. The first kappa shape index (κ1) is 20.2. The maximum Gasteiger partial charge on any atom is 0.188 e. The van der Waals surface area contributed by atoms with Gasteiger partial charge in [-0.25, -0.2) is 0 Å². The second-order valence-electron chi connectivity index (χ2n) is 6.34. The average molecular weight is 364 g/mol. The summed E-state index contributed by atoms with van der Waals surface area (Å²) in [5.74, 6) is 2.67. The number of hydrogen-bond donors (Lipinski definition) is 2. The van der Waals surface area contributed by atoms with E-state index in [4.69, 9.17) is 19.9 Å². The second kappa shape index (κ2) is 10.1. The van der Waals surface area contributed by atoms with Gasteiger partial charge in [0.15, 0.2) is 5.96 Å². The van der Waals surface area contributed by atoms with Crippen molar-refractivity contribution in [2.24, 2.45) is 10.7 Å². The first-order chi connectivity index (χ1) is 12.6. The molecule has 7 heteroatoms. The number of ether oxygens (including phenoxy) is 3. The maximum atomic E-state index is 6.03. The molecule has 1 unspecified atom stereocenters. The van der Waals surface area contributed by atoms with Crippen LogP contribution in [0.1, 0.15) is 25.3 Å². The third-order valence-corrected chi connectivity index (χ3v) is 4.88. The molecule has 1 heterocycles. The Labute approximate surface area is 156 Å². The maximum absolute atomic E-state index is 6.03. The van der Waals surface area contributed by atoms with E-state index in [-0.39, 0.29) is 0 Å². The van der Waals surface area contributed by atoms with Crippen LogP contribution in [-0.2, 0) is 6.42 Å². The summed E-state index contributed by atoms with van der Waals surface area (Å²) in [7, 11) is 4.90. The Kier molecular flexibility index (Phi) is 7.84. The van der Waals surface area contributed by atoms with E-state index in [1.54, 1.807) is 21.3 Å². The predicted octanol–water partition coefficient (Wildman–Crippen LogP) is 1.64. The summed E-state index contributed by atoms with van der Waals surface area (Å²) in [6.07, 6.45) is 3.15. The number of likely N-dealkylation sites (N-methyl/N-ethyl adjacent to an activating group) is 1. The Bertz CT molecular complexity index is 581. The van der Waals surface area contributed by atoms with Gasteiger partial charge in [0.25, 0.3) is 0 Å². The summed E-state index contributed by atoms with van der Waals surface area (Å²) in [5, 5.41) is 3.19. The highest BCUT2D eigenvalue weighted by Gasteiger charge is 2.22. The average Bonchev–Trinajstić information content (AvgIpc) is 3.13. The van der Waals surface area contributed by atoms with Gasteiger partial charge in [0.1, 0.15) is 17.2 Å². The number of nitrogens with two attached hydrogens (primary N) is 1. The highest BCUT2D eigenvalue weighted by molar-refractivity contribution is 5.77. The zero-order valence-electron chi connectivity index (χ0n) is 16.4. The third-order valence-electron chi connectivity index (χ3n) is 4.88. The monoisotopic (exact) mass is 364 g/mol. The quantitative estimate of drug-likeness (QED) is 0.512. The third kappa shape index (κ3) is 5.17. The Morgan fingerprint density at radius 1 is 1.23 bits per heavy atom. The molecule has 3 N–H and O–H groups in total. The fourth-order valence-corrected chi connectivity index (χ4v) is 3.42. The van der Waals surface area contributed by atoms with Crippen molar-refractivity contribution in [2.45, 2.75) is 32.2 Å². The van der Waals surface area contributed by atoms with E-state index in [9.17, 15) is 0 Å². The molecule has 1 aliphatic heterocycles. The minimum Gasteiger partial charge on any atom is -0.496 e. The van der Waals surface area contributed by atoms with Crippen molar-refractivity contribution in [2.75, 3.05) is 47.5 Å². The number of hydrogen-bond acceptors (Lipinski definition) is 5. The molecular formula is C19H32N4O3. The Hall–Kier alpha value is -2.15. The molecule has 0 aromatic heterocycles. The lowest BCUT2D eigenvalue weighted by Crippen LogP contribution is -2.36. The van der Waals surface area contributed by atoms with Crippen molar-refractivity contribution in [3.8, 4) is 17.2 Å². The van der Waals surface area contributed by atoms with Crippen LogP contribution >= 0.6 is 0 Å². The van der Waals surface area contributed by atoms with Crippen molar-refractivity contribution >= 4 is 5.96 Å². The van der Waals surface area contributed by atoms with Crippen molar-refractivity contribution in [1.82, 2.24) is 10.2 Å². The zero-order valence-corrected chi connectivity index (χ0v) is 16.4. The van der Waals surface area contributed by atoms with Crippen LogP contribution in [-0.4, -0.2) is 64.4 Å². The van der Waals surface area contributed by atoms with Crippen LogP contribution in [0.5, 0.6) is 17.2 Å². The standard InChI is InChI=1S/C19H32N4O3/c1-5-23-10-6-7-14(23)13-22-19(20)21-9-8-16-17(25-3)11-15(24-2)12-18(16)26-4/h11-12,14H,5-10,13H2,1-4H3,(H3,20,21,22). The van der Waals surface area contributed by atoms with Crippen molar-refractivity contribution in [1.29, 1.82) is 0 Å². The summed E-state index contributed by atoms with van der Waals surface area (Å²) in [6, 6.07) is 4.23. The number of nitrogens with one attached hydrogen (secondary N) is 1. The molecule has 1 atom stereocenters. The number of nitrogens with zero attached hydrogens (tertiary/aromatic N) is 2. The zero-order chi connectivity index (χ0) is 18.9. The van der Waals surface area contributed by atoms with Crippen LogP contribution in [0.2, 0.25) is 0 Å². The van der Waals surface area contributed by atoms with Gasteiger partial charge in [-0.3, -0.25) is 9.89 Å². The number of rotatable bonds is 9. The van der Waals surface area contributed by atoms with Crippen molar-refractivity contribution in [3.05, 3.63) is 17.7 Å². The molecule has 1 aromatic carbocycles. The summed E-state index contributed by atoms with van der Waals surface area (Å²) in [4.78, 5) is 6.97. The van der Waals surface area contributed by atoms with Gasteiger partial charge in [-0.2, -0.15) is 0 Å². The molecule has 1 aromatic rings. The minimum atomic E-state index is 0.486. The lowest BCUT2D eigenvalue weighted by atomic mass is 10.1. The molecule has 146 valence electrons. The van der Waals surface area contributed by atoms with E-state index in [1.165, 1.54) is 19.4 Å². The summed E-state index contributed by atoms with van der Waals surface area (Å²) in [6.45, 7) is 5.84. The summed E-state index contributed by atoms with van der Waals surface area (Å²) >= 11 is 0. The van der Waals surface area contributed by atoms with Crippen LogP contribution in [0.15, 0.2) is 17.1 Å². The molecule has 0 bridgehead atoms. The Balaban J connectivity index is 1.91. The van der Waals surface area contributed by atoms with Gasteiger partial charge in [-0.05, 0) is 32.4 Å². The molecule has 7 nitrogen and oxygen atoms in total. The lowest BCUT2D eigenvalue weighted by molar-refractivity contribution is 0.273. The van der Waals surface area contributed by atoms with Gasteiger partial charge in [-0.1, -0.05) is 6.92 Å². The summed E-state index contributed by atoms with van der Waals surface area (Å²) < 4.78 is 16.2. The van der Waals surface area contributed by atoms with Gasteiger partial charge in [0, 0.05) is 30.3 Å². The van der Waals surface area contributed by atoms with E-state index < -0.39 is 0 Å². The molecule has 0 radical (unpaired) electrons. The predicted molar refractivity (Wildman–Crippen MR) is 105 cm³/mol. The Morgan fingerprint density at radius 2 is 1.92 bits per heavy atom. The number of guanidine groups is 1.